The summed E-state index contributed by atoms with van der Waals surface area (Å²) in [5.74, 6) is -0.363. The van der Waals surface area contributed by atoms with Crippen molar-refractivity contribution in [1.29, 1.82) is 0 Å². The van der Waals surface area contributed by atoms with Crippen LogP contribution in [0.2, 0.25) is 0 Å². The number of hydrogen-bond donors (Lipinski definition) is 1. The Morgan fingerprint density at radius 3 is 2.72 bits per heavy atom. The van der Waals surface area contributed by atoms with Crippen LogP contribution in [0.4, 0.5) is 5.13 Å². The molecule has 1 aromatic rings. The molecule has 18 heavy (non-hydrogen) atoms. The number of nitrogens with one attached hydrogen (secondary N) is 1. The van der Waals surface area contributed by atoms with E-state index in [9.17, 15) is 4.79 Å². The lowest BCUT2D eigenvalue weighted by atomic mass is 10.4. The molecule has 0 spiro atoms. The summed E-state index contributed by atoms with van der Waals surface area (Å²) in [4.78, 5) is 16.2. The zero-order valence-electron chi connectivity index (χ0n) is 11.0. The van der Waals surface area contributed by atoms with Gasteiger partial charge < -0.3 is 19.5 Å². The van der Waals surface area contributed by atoms with E-state index in [1.807, 2.05) is 0 Å². The molecule has 0 saturated heterocycles. The molecule has 1 rings (SSSR count). The van der Waals surface area contributed by atoms with Crippen LogP contribution in [-0.4, -0.2) is 51.5 Å². The summed E-state index contributed by atoms with van der Waals surface area (Å²) in [6.45, 7) is 2.84. The van der Waals surface area contributed by atoms with Crippen LogP contribution in [0.15, 0.2) is 0 Å². The summed E-state index contributed by atoms with van der Waals surface area (Å²) in [7, 11) is 4.60. The number of thiazole rings is 1. The van der Waals surface area contributed by atoms with Crippen molar-refractivity contribution in [2.24, 2.45) is 0 Å². The summed E-state index contributed by atoms with van der Waals surface area (Å²) in [5, 5.41) is 3.79. The van der Waals surface area contributed by atoms with Crippen LogP contribution in [0, 0.1) is 6.92 Å². The number of carbonyl (C=O) groups excluding carboxylic acids is 1. The van der Waals surface area contributed by atoms with E-state index in [1.165, 1.54) is 18.4 Å². The van der Waals surface area contributed by atoms with Crippen molar-refractivity contribution >= 4 is 22.4 Å². The summed E-state index contributed by atoms with van der Waals surface area (Å²) in [6, 6.07) is 0. The summed E-state index contributed by atoms with van der Waals surface area (Å²) in [6.07, 6.45) is -0.0548. The van der Waals surface area contributed by atoms with E-state index in [0.717, 1.165) is 0 Å². The first-order valence-electron chi connectivity index (χ1n) is 5.43. The van der Waals surface area contributed by atoms with Gasteiger partial charge in [-0.1, -0.05) is 11.3 Å². The van der Waals surface area contributed by atoms with Gasteiger partial charge in [0.1, 0.15) is 4.88 Å². The fraction of sp³-hybridized carbons (Fsp3) is 0.636. The molecule has 0 saturated carbocycles. The van der Waals surface area contributed by atoms with E-state index < -0.39 is 0 Å². The van der Waals surface area contributed by atoms with Gasteiger partial charge in [0.05, 0.1) is 25.5 Å². The highest BCUT2D eigenvalue weighted by molar-refractivity contribution is 7.17. The number of carbonyl (C=O) groups is 1. The molecule has 0 aliphatic rings. The largest absolute Gasteiger partial charge is 0.465 e. The SMILES string of the molecule is COCC(CNc1nc(C)c(C(=O)OC)s1)OC. The van der Waals surface area contributed by atoms with Crippen molar-refractivity contribution < 1.29 is 19.0 Å². The Morgan fingerprint density at radius 2 is 2.17 bits per heavy atom. The monoisotopic (exact) mass is 274 g/mol. The van der Waals surface area contributed by atoms with Crippen LogP contribution in [0.5, 0.6) is 0 Å². The minimum atomic E-state index is -0.363. The molecule has 0 aliphatic carbocycles. The Morgan fingerprint density at radius 1 is 1.44 bits per heavy atom. The zero-order chi connectivity index (χ0) is 13.5. The molecule has 0 aromatic carbocycles. The van der Waals surface area contributed by atoms with Gasteiger partial charge in [0.25, 0.3) is 0 Å². The van der Waals surface area contributed by atoms with E-state index in [2.05, 4.69) is 15.0 Å². The van der Waals surface area contributed by atoms with Gasteiger partial charge in [-0.3, -0.25) is 0 Å². The molecule has 0 bridgehead atoms. The maximum atomic E-state index is 11.4. The number of rotatable bonds is 7. The summed E-state index contributed by atoms with van der Waals surface area (Å²) >= 11 is 1.27. The lowest BCUT2D eigenvalue weighted by Gasteiger charge is -2.14. The van der Waals surface area contributed by atoms with Crippen LogP contribution >= 0.6 is 11.3 Å². The first kappa shape index (κ1) is 14.9. The highest BCUT2D eigenvalue weighted by atomic mass is 32.1. The molecule has 1 heterocycles. The van der Waals surface area contributed by atoms with E-state index in [1.54, 1.807) is 21.1 Å². The molecule has 0 amide bonds. The minimum Gasteiger partial charge on any atom is -0.465 e. The Labute approximate surface area is 110 Å². The number of ether oxygens (including phenoxy) is 3. The molecule has 1 aromatic heterocycles. The van der Waals surface area contributed by atoms with Gasteiger partial charge in [0.15, 0.2) is 5.13 Å². The molecule has 1 atom stereocenters. The first-order valence-corrected chi connectivity index (χ1v) is 6.25. The van der Waals surface area contributed by atoms with Gasteiger partial charge in [-0.2, -0.15) is 0 Å². The van der Waals surface area contributed by atoms with Gasteiger partial charge >= 0.3 is 5.97 Å². The Kier molecular flexibility index (Phi) is 6.03. The van der Waals surface area contributed by atoms with Crippen molar-refractivity contribution in [2.45, 2.75) is 13.0 Å². The number of esters is 1. The number of anilines is 1. The van der Waals surface area contributed by atoms with E-state index in [0.29, 0.717) is 28.9 Å². The predicted molar refractivity (Wildman–Crippen MR) is 69.4 cm³/mol. The molecule has 6 nitrogen and oxygen atoms in total. The normalized spacial score (nSPS) is 12.2. The van der Waals surface area contributed by atoms with Crippen molar-refractivity contribution in [3.8, 4) is 0 Å². The predicted octanol–water partition coefficient (Wildman–Crippen LogP) is 1.31. The number of hydrogen-bond acceptors (Lipinski definition) is 7. The molecule has 1 N–H and O–H groups in total. The third kappa shape index (κ3) is 3.94. The summed E-state index contributed by atoms with van der Waals surface area (Å²) in [5.41, 5.74) is 0.662. The Hall–Kier alpha value is -1.18. The number of nitrogens with zero attached hydrogens (tertiary/aromatic N) is 1. The lowest BCUT2D eigenvalue weighted by Crippen LogP contribution is -2.26. The van der Waals surface area contributed by atoms with Gasteiger partial charge in [0.2, 0.25) is 0 Å². The second-order valence-corrected chi connectivity index (χ2v) is 4.62. The third-order valence-corrected chi connectivity index (χ3v) is 3.43. The topological polar surface area (TPSA) is 69.7 Å². The van der Waals surface area contributed by atoms with Crippen molar-refractivity contribution in [3.63, 3.8) is 0 Å². The van der Waals surface area contributed by atoms with Crippen LogP contribution in [0.3, 0.4) is 0 Å². The summed E-state index contributed by atoms with van der Waals surface area (Å²) < 4.78 is 14.9. The standard InChI is InChI=1S/C11H18N2O4S/c1-7-9(10(14)17-4)18-11(13-7)12-5-8(16-3)6-15-2/h8H,5-6H2,1-4H3,(H,12,13). The average molecular weight is 274 g/mol. The van der Waals surface area contributed by atoms with Crippen LogP contribution in [0.25, 0.3) is 0 Å². The van der Waals surface area contributed by atoms with E-state index in [4.69, 9.17) is 9.47 Å². The minimum absolute atomic E-state index is 0.0548. The van der Waals surface area contributed by atoms with Gasteiger partial charge in [-0.05, 0) is 6.92 Å². The molecular formula is C11H18N2O4S. The molecule has 0 aliphatic heterocycles. The molecule has 0 fully saturated rings. The van der Waals surface area contributed by atoms with Crippen molar-refractivity contribution in [2.75, 3.05) is 39.8 Å². The van der Waals surface area contributed by atoms with Crippen molar-refractivity contribution in [1.82, 2.24) is 4.98 Å². The van der Waals surface area contributed by atoms with E-state index >= 15 is 0 Å². The Balaban J connectivity index is 2.60. The molecule has 1 unspecified atom stereocenters. The number of aromatic nitrogens is 1. The second-order valence-electron chi connectivity index (χ2n) is 3.62. The first-order chi connectivity index (χ1) is 8.62. The smallest absolute Gasteiger partial charge is 0.350 e. The highest BCUT2D eigenvalue weighted by Gasteiger charge is 2.16. The Bertz CT molecular complexity index is 394. The molecular weight excluding hydrogens is 256 g/mol. The maximum absolute atomic E-state index is 11.4. The van der Waals surface area contributed by atoms with Gasteiger partial charge in [0, 0.05) is 20.8 Å². The fourth-order valence-corrected chi connectivity index (χ4v) is 2.24. The number of aryl methyl sites for hydroxylation is 1. The fourth-order valence-electron chi connectivity index (χ4n) is 1.35. The zero-order valence-corrected chi connectivity index (χ0v) is 11.8. The number of methoxy groups -OCH3 is 3. The van der Waals surface area contributed by atoms with Gasteiger partial charge in [-0.15, -0.1) is 0 Å². The van der Waals surface area contributed by atoms with Crippen LogP contribution in [0.1, 0.15) is 15.4 Å². The molecule has 0 radical (unpaired) electrons. The average Bonchev–Trinajstić information content (AvgIpc) is 2.74. The second kappa shape index (κ2) is 7.30. The quantitative estimate of drug-likeness (QED) is 0.756. The van der Waals surface area contributed by atoms with Crippen LogP contribution in [-0.2, 0) is 14.2 Å². The van der Waals surface area contributed by atoms with E-state index in [-0.39, 0.29) is 12.1 Å². The van der Waals surface area contributed by atoms with Gasteiger partial charge in [-0.25, -0.2) is 9.78 Å². The van der Waals surface area contributed by atoms with Crippen LogP contribution < -0.4 is 5.32 Å². The lowest BCUT2D eigenvalue weighted by molar-refractivity contribution is 0.0365. The molecule has 7 heteroatoms. The molecule has 102 valence electrons. The van der Waals surface area contributed by atoms with Crippen molar-refractivity contribution in [3.05, 3.63) is 10.6 Å². The maximum Gasteiger partial charge on any atom is 0.350 e. The highest BCUT2D eigenvalue weighted by Crippen LogP contribution is 2.23. The third-order valence-electron chi connectivity index (χ3n) is 2.33.